The monoisotopic (exact) mass is 307 g/mol. The molecule has 0 saturated carbocycles. The maximum atomic E-state index is 13.0. The molecule has 2 aromatic rings. The van der Waals surface area contributed by atoms with Crippen LogP contribution < -0.4 is 10.6 Å². The Morgan fingerprint density at radius 1 is 1.04 bits per heavy atom. The van der Waals surface area contributed by atoms with Crippen LogP contribution in [0, 0.1) is 0 Å². The molecule has 2 N–H and O–H groups in total. The lowest BCUT2D eigenvalue weighted by molar-refractivity contribution is -0.127. The van der Waals surface area contributed by atoms with E-state index in [1.165, 1.54) is 11.1 Å². The first-order valence-corrected chi connectivity index (χ1v) is 8.17. The summed E-state index contributed by atoms with van der Waals surface area (Å²) in [6, 6.07) is 18.5. The van der Waals surface area contributed by atoms with Gasteiger partial charge in [0.25, 0.3) is 0 Å². The van der Waals surface area contributed by atoms with Gasteiger partial charge in [-0.15, -0.1) is 0 Å². The van der Waals surface area contributed by atoms with Crippen LogP contribution in [-0.2, 0) is 17.9 Å². The quantitative estimate of drug-likeness (QED) is 0.895. The largest absolute Gasteiger partial charge is 0.324 e. The summed E-state index contributed by atoms with van der Waals surface area (Å²) in [5.74, 6) is 0.114. The smallest absolute Gasteiger partial charge is 0.246 e. The van der Waals surface area contributed by atoms with Gasteiger partial charge < -0.3 is 10.6 Å². The highest BCUT2D eigenvalue weighted by atomic mass is 16.2. The summed E-state index contributed by atoms with van der Waals surface area (Å²) >= 11 is 0. The minimum absolute atomic E-state index is 0.114. The molecule has 2 aliphatic heterocycles. The van der Waals surface area contributed by atoms with Gasteiger partial charge in [-0.05, 0) is 30.2 Å². The molecule has 23 heavy (non-hydrogen) atoms. The summed E-state index contributed by atoms with van der Waals surface area (Å²) in [5.41, 5.74) is 2.90. The number of fused-ring (bicyclic) bond motifs is 1. The van der Waals surface area contributed by atoms with Crippen LogP contribution in [-0.4, -0.2) is 29.4 Å². The van der Waals surface area contributed by atoms with Gasteiger partial charge >= 0.3 is 0 Å². The summed E-state index contributed by atoms with van der Waals surface area (Å²) < 4.78 is 0. The second-order valence-electron chi connectivity index (χ2n) is 6.41. The molecule has 0 radical (unpaired) electrons. The van der Waals surface area contributed by atoms with Crippen molar-refractivity contribution in [3.8, 4) is 0 Å². The molecule has 0 aliphatic carbocycles. The number of hydrogen-bond donors (Lipinski definition) is 2. The van der Waals surface area contributed by atoms with Gasteiger partial charge in [0.05, 0.1) is 0 Å². The number of carbonyl (C=O) groups excluding carboxylic acids is 1. The minimum atomic E-state index is -0.463. The number of para-hydroxylation sites is 1. The van der Waals surface area contributed by atoms with Crippen molar-refractivity contribution in [2.24, 2.45) is 0 Å². The number of hydrogen-bond acceptors (Lipinski definition) is 3. The van der Waals surface area contributed by atoms with Gasteiger partial charge in [0.15, 0.2) is 0 Å². The van der Waals surface area contributed by atoms with Gasteiger partial charge in [0.2, 0.25) is 5.91 Å². The molecule has 1 spiro atoms. The molecule has 2 heterocycles. The van der Waals surface area contributed by atoms with Gasteiger partial charge in [0.1, 0.15) is 5.54 Å². The van der Waals surface area contributed by atoms with Crippen molar-refractivity contribution < 1.29 is 4.79 Å². The van der Waals surface area contributed by atoms with E-state index in [4.69, 9.17) is 0 Å². The van der Waals surface area contributed by atoms with Gasteiger partial charge in [-0.2, -0.15) is 0 Å². The Labute approximate surface area is 136 Å². The van der Waals surface area contributed by atoms with Gasteiger partial charge in [-0.25, -0.2) is 0 Å². The molecule has 1 saturated heterocycles. The lowest BCUT2D eigenvalue weighted by Gasteiger charge is -2.37. The lowest BCUT2D eigenvalue weighted by atomic mass is 9.94. The van der Waals surface area contributed by atoms with Gasteiger partial charge in [0, 0.05) is 25.3 Å². The first kappa shape index (κ1) is 14.4. The molecular formula is C19H21N3O. The predicted octanol–water partition coefficient (Wildman–Crippen LogP) is 2.37. The molecule has 0 bridgehead atoms. The molecule has 0 aromatic heterocycles. The van der Waals surface area contributed by atoms with E-state index in [1.807, 2.05) is 24.3 Å². The molecular weight excluding hydrogens is 286 g/mol. The van der Waals surface area contributed by atoms with E-state index >= 15 is 0 Å². The third-order valence-corrected chi connectivity index (χ3v) is 5.00. The SMILES string of the molecule is O=C1Nc2ccccc2CN(Cc2ccccc2)C12CCNC2. The fraction of sp³-hybridized carbons (Fsp3) is 0.316. The van der Waals surface area contributed by atoms with Gasteiger partial charge in [-0.3, -0.25) is 9.69 Å². The third kappa shape index (κ3) is 2.54. The van der Waals surface area contributed by atoms with Crippen LogP contribution >= 0.6 is 0 Å². The van der Waals surface area contributed by atoms with Crippen LogP contribution in [0.1, 0.15) is 17.5 Å². The van der Waals surface area contributed by atoms with Crippen LogP contribution in [0.2, 0.25) is 0 Å². The Bertz CT molecular complexity index is 708. The summed E-state index contributed by atoms with van der Waals surface area (Å²) in [5, 5.41) is 6.53. The number of carbonyl (C=O) groups is 1. The second kappa shape index (κ2) is 5.80. The van der Waals surface area contributed by atoms with Crippen molar-refractivity contribution >= 4 is 11.6 Å². The van der Waals surface area contributed by atoms with E-state index < -0.39 is 5.54 Å². The maximum Gasteiger partial charge on any atom is 0.246 e. The van der Waals surface area contributed by atoms with Crippen molar-refractivity contribution in [3.63, 3.8) is 0 Å². The predicted molar refractivity (Wildman–Crippen MR) is 91.0 cm³/mol. The van der Waals surface area contributed by atoms with Crippen molar-refractivity contribution in [3.05, 3.63) is 65.7 Å². The average Bonchev–Trinajstić information content (AvgIpc) is 3.04. The molecule has 1 unspecified atom stereocenters. The van der Waals surface area contributed by atoms with Crippen LogP contribution in [0.4, 0.5) is 5.69 Å². The first-order chi connectivity index (χ1) is 11.3. The molecule has 1 atom stereocenters. The molecule has 1 amide bonds. The van der Waals surface area contributed by atoms with E-state index in [1.54, 1.807) is 0 Å². The summed E-state index contributed by atoms with van der Waals surface area (Å²) in [4.78, 5) is 15.3. The van der Waals surface area contributed by atoms with Crippen LogP contribution in [0.3, 0.4) is 0 Å². The van der Waals surface area contributed by atoms with Crippen LogP contribution in [0.25, 0.3) is 0 Å². The number of nitrogens with zero attached hydrogens (tertiary/aromatic N) is 1. The summed E-state index contributed by atoms with van der Waals surface area (Å²) in [7, 11) is 0. The van der Waals surface area contributed by atoms with E-state index in [0.29, 0.717) is 6.54 Å². The van der Waals surface area contributed by atoms with E-state index in [2.05, 4.69) is 45.9 Å². The second-order valence-corrected chi connectivity index (χ2v) is 6.41. The highest BCUT2D eigenvalue weighted by molar-refractivity contribution is 5.99. The Morgan fingerprint density at radius 2 is 1.83 bits per heavy atom. The summed E-state index contributed by atoms with van der Waals surface area (Å²) in [6.07, 6.45) is 0.847. The molecule has 2 aliphatic rings. The molecule has 118 valence electrons. The van der Waals surface area contributed by atoms with E-state index in [9.17, 15) is 4.79 Å². The standard InChI is InChI=1S/C19H21N3O/c23-18-19(10-11-20-14-19)22(12-15-6-2-1-3-7-15)13-16-8-4-5-9-17(16)21-18/h1-9,20H,10-14H2,(H,21,23). The fourth-order valence-electron chi connectivity index (χ4n) is 3.67. The number of benzene rings is 2. The molecule has 2 aromatic carbocycles. The molecule has 4 nitrogen and oxygen atoms in total. The Hall–Kier alpha value is -2.17. The topological polar surface area (TPSA) is 44.4 Å². The highest BCUT2D eigenvalue weighted by Gasteiger charge is 2.47. The van der Waals surface area contributed by atoms with Crippen molar-refractivity contribution in [1.82, 2.24) is 10.2 Å². The normalized spacial score (nSPS) is 24.3. The van der Waals surface area contributed by atoms with Crippen molar-refractivity contribution in [1.29, 1.82) is 0 Å². The molecule has 1 fully saturated rings. The number of nitrogens with one attached hydrogen (secondary N) is 2. The lowest BCUT2D eigenvalue weighted by Crippen LogP contribution is -2.56. The van der Waals surface area contributed by atoms with Crippen molar-refractivity contribution in [2.75, 3.05) is 18.4 Å². The number of rotatable bonds is 2. The number of anilines is 1. The van der Waals surface area contributed by atoms with E-state index in [0.717, 1.165) is 31.7 Å². The van der Waals surface area contributed by atoms with Crippen LogP contribution in [0.5, 0.6) is 0 Å². The Balaban J connectivity index is 1.74. The summed E-state index contributed by atoms with van der Waals surface area (Å²) in [6.45, 7) is 3.16. The number of amides is 1. The Morgan fingerprint density at radius 3 is 2.61 bits per heavy atom. The fourth-order valence-corrected chi connectivity index (χ4v) is 3.67. The molecule has 4 heteroatoms. The zero-order chi connectivity index (χ0) is 15.7. The van der Waals surface area contributed by atoms with Crippen molar-refractivity contribution in [2.45, 2.75) is 25.0 Å². The zero-order valence-corrected chi connectivity index (χ0v) is 13.1. The zero-order valence-electron chi connectivity index (χ0n) is 13.1. The van der Waals surface area contributed by atoms with E-state index in [-0.39, 0.29) is 5.91 Å². The Kier molecular flexibility index (Phi) is 3.63. The third-order valence-electron chi connectivity index (χ3n) is 5.00. The minimum Gasteiger partial charge on any atom is -0.324 e. The first-order valence-electron chi connectivity index (χ1n) is 8.17. The molecule has 4 rings (SSSR count). The van der Waals surface area contributed by atoms with Gasteiger partial charge in [-0.1, -0.05) is 48.5 Å². The average molecular weight is 307 g/mol. The highest BCUT2D eigenvalue weighted by Crippen LogP contribution is 2.33. The maximum absolute atomic E-state index is 13.0. The van der Waals surface area contributed by atoms with Crippen LogP contribution in [0.15, 0.2) is 54.6 Å².